The first-order chi connectivity index (χ1) is 6.84. The summed E-state index contributed by atoms with van der Waals surface area (Å²) < 4.78 is 0. The van der Waals surface area contributed by atoms with Crippen molar-refractivity contribution in [2.75, 3.05) is 25.6 Å². The number of hydrogen-bond acceptors (Lipinski definition) is 3. The van der Waals surface area contributed by atoms with Crippen LogP contribution in [-0.2, 0) is 0 Å². The van der Waals surface area contributed by atoms with Gasteiger partial charge in [0.15, 0.2) is 0 Å². The second-order valence-electron chi connectivity index (χ2n) is 5.36. The van der Waals surface area contributed by atoms with Gasteiger partial charge in [0.05, 0.1) is 0 Å². The minimum Gasteiger partial charge on any atom is -0.326 e. The fraction of sp³-hybridized carbons (Fsp3) is 1.00. The summed E-state index contributed by atoms with van der Waals surface area (Å²) in [5, 5.41) is 0. The molecule has 2 N–H and O–H groups in total. The van der Waals surface area contributed by atoms with Gasteiger partial charge in [0.1, 0.15) is 0 Å². The molecule has 0 bridgehead atoms. The molecular weight excluding hydrogens is 204 g/mol. The zero-order valence-corrected chi connectivity index (χ0v) is 12.0. The van der Waals surface area contributed by atoms with E-state index in [-0.39, 0.29) is 11.5 Å². The summed E-state index contributed by atoms with van der Waals surface area (Å²) in [5.74, 6) is 1.18. The topological polar surface area (TPSA) is 29.3 Å². The van der Waals surface area contributed by atoms with E-state index < -0.39 is 0 Å². The first-order valence-corrected chi connectivity index (χ1v) is 7.18. The molecule has 0 fully saturated rings. The minimum absolute atomic E-state index is 0.253. The molecular formula is C12H28N2S. The van der Waals surface area contributed by atoms with Crippen LogP contribution in [0.5, 0.6) is 0 Å². The van der Waals surface area contributed by atoms with Crippen LogP contribution in [-0.4, -0.2) is 42.6 Å². The molecule has 0 aromatic rings. The van der Waals surface area contributed by atoms with Crippen LogP contribution in [0, 0.1) is 5.41 Å². The van der Waals surface area contributed by atoms with E-state index in [9.17, 15) is 0 Å². The number of thioether (sulfide) groups is 1. The van der Waals surface area contributed by atoms with Crippen LogP contribution in [0.3, 0.4) is 0 Å². The van der Waals surface area contributed by atoms with E-state index in [1.807, 2.05) is 11.8 Å². The maximum atomic E-state index is 6.23. The Labute approximate surface area is 100.0 Å². The van der Waals surface area contributed by atoms with E-state index >= 15 is 0 Å². The van der Waals surface area contributed by atoms with E-state index in [0.717, 1.165) is 13.0 Å². The third kappa shape index (κ3) is 5.23. The van der Waals surface area contributed by atoms with Gasteiger partial charge in [-0.1, -0.05) is 27.7 Å². The molecule has 2 nitrogen and oxygen atoms in total. The van der Waals surface area contributed by atoms with E-state index in [1.54, 1.807) is 0 Å². The van der Waals surface area contributed by atoms with Crippen LogP contribution in [0.1, 0.15) is 34.1 Å². The number of nitrogens with zero attached hydrogens (tertiary/aromatic N) is 1. The summed E-state index contributed by atoms with van der Waals surface area (Å²) >= 11 is 1.89. The van der Waals surface area contributed by atoms with Gasteiger partial charge in [-0.2, -0.15) is 11.8 Å². The average molecular weight is 232 g/mol. The van der Waals surface area contributed by atoms with Gasteiger partial charge in [-0.15, -0.1) is 0 Å². The molecule has 2 unspecified atom stereocenters. The first-order valence-electron chi connectivity index (χ1n) is 5.79. The molecule has 0 aliphatic carbocycles. The van der Waals surface area contributed by atoms with Gasteiger partial charge in [0.2, 0.25) is 0 Å². The van der Waals surface area contributed by atoms with Crippen molar-refractivity contribution in [1.29, 1.82) is 0 Å². The minimum atomic E-state index is 0.253. The molecule has 0 saturated heterocycles. The molecule has 92 valence electrons. The second kappa shape index (κ2) is 6.77. The molecule has 0 aliphatic rings. The molecule has 0 aromatic heterocycles. The summed E-state index contributed by atoms with van der Waals surface area (Å²) in [6.07, 6.45) is 3.20. The van der Waals surface area contributed by atoms with Crippen molar-refractivity contribution in [3.63, 3.8) is 0 Å². The van der Waals surface area contributed by atoms with Gasteiger partial charge >= 0.3 is 0 Å². The lowest BCUT2D eigenvalue weighted by Gasteiger charge is -2.41. The van der Waals surface area contributed by atoms with Crippen LogP contribution in [0.25, 0.3) is 0 Å². The average Bonchev–Trinajstić information content (AvgIpc) is 2.12. The predicted molar refractivity (Wildman–Crippen MR) is 72.5 cm³/mol. The Hall–Kier alpha value is 0.270. The van der Waals surface area contributed by atoms with Crippen molar-refractivity contribution in [2.45, 2.75) is 46.2 Å². The molecule has 0 radical (unpaired) electrons. The summed E-state index contributed by atoms with van der Waals surface area (Å²) in [4.78, 5) is 2.42. The van der Waals surface area contributed by atoms with E-state index in [0.29, 0.717) is 6.04 Å². The van der Waals surface area contributed by atoms with Gasteiger partial charge in [-0.25, -0.2) is 0 Å². The van der Waals surface area contributed by atoms with E-state index in [4.69, 9.17) is 5.73 Å². The van der Waals surface area contributed by atoms with E-state index in [1.165, 1.54) is 5.75 Å². The highest BCUT2D eigenvalue weighted by molar-refractivity contribution is 7.98. The largest absolute Gasteiger partial charge is 0.326 e. The molecule has 15 heavy (non-hydrogen) atoms. The van der Waals surface area contributed by atoms with Gasteiger partial charge in [0.25, 0.3) is 0 Å². The second-order valence-corrected chi connectivity index (χ2v) is 6.34. The van der Waals surface area contributed by atoms with Crippen LogP contribution in [0.4, 0.5) is 0 Å². The Bertz CT molecular complexity index is 165. The highest BCUT2D eigenvalue weighted by atomic mass is 32.2. The molecule has 0 rings (SSSR count). The van der Waals surface area contributed by atoms with Gasteiger partial charge < -0.3 is 10.6 Å². The van der Waals surface area contributed by atoms with Crippen LogP contribution >= 0.6 is 11.8 Å². The molecule has 0 spiro atoms. The summed E-state index contributed by atoms with van der Waals surface area (Å²) in [5.41, 5.74) is 6.48. The molecule has 0 saturated carbocycles. The maximum absolute atomic E-state index is 6.23. The zero-order chi connectivity index (χ0) is 12.1. The molecule has 0 aromatic carbocycles. The molecule has 2 atom stereocenters. The Balaban J connectivity index is 4.48. The number of likely N-dealkylation sites (N-methyl/N-ethyl adjacent to an activating group) is 1. The van der Waals surface area contributed by atoms with Crippen LogP contribution in [0.2, 0.25) is 0 Å². The summed E-state index contributed by atoms with van der Waals surface area (Å²) in [7, 11) is 2.20. The van der Waals surface area contributed by atoms with Crippen molar-refractivity contribution in [2.24, 2.45) is 11.1 Å². The Morgan fingerprint density at radius 3 is 2.20 bits per heavy atom. The number of hydrogen-bond donors (Lipinski definition) is 1. The van der Waals surface area contributed by atoms with Crippen molar-refractivity contribution in [3.05, 3.63) is 0 Å². The van der Waals surface area contributed by atoms with Gasteiger partial charge in [-0.05, 0) is 25.1 Å². The molecule has 0 amide bonds. The Morgan fingerprint density at radius 2 is 1.87 bits per heavy atom. The van der Waals surface area contributed by atoms with E-state index in [2.05, 4.69) is 45.9 Å². The van der Waals surface area contributed by atoms with Crippen molar-refractivity contribution in [3.8, 4) is 0 Å². The fourth-order valence-electron chi connectivity index (χ4n) is 2.23. The summed E-state index contributed by atoms with van der Waals surface area (Å²) in [6.45, 7) is 10.1. The number of nitrogens with two attached hydrogens (primary N) is 1. The SMILES string of the molecule is CCC(N)C(N(C)CCSC)C(C)(C)C. The highest BCUT2D eigenvalue weighted by Gasteiger charge is 2.32. The third-order valence-electron chi connectivity index (χ3n) is 2.89. The van der Waals surface area contributed by atoms with Gasteiger partial charge in [-0.3, -0.25) is 0 Å². The van der Waals surface area contributed by atoms with Crippen molar-refractivity contribution >= 4 is 11.8 Å². The smallest absolute Gasteiger partial charge is 0.0292 e. The summed E-state index contributed by atoms with van der Waals surface area (Å²) in [6, 6.07) is 0.742. The maximum Gasteiger partial charge on any atom is 0.0292 e. The first kappa shape index (κ1) is 15.3. The normalized spacial score (nSPS) is 16.8. The van der Waals surface area contributed by atoms with Crippen LogP contribution in [0.15, 0.2) is 0 Å². The van der Waals surface area contributed by atoms with Crippen LogP contribution < -0.4 is 5.73 Å². The lowest BCUT2D eigenvalue weighted by atomic mass is 9.80. The molecule has 0 heterocycles. The third-order valence-corrected chi connectivity index (χ3v) is 3.48. The fourth-order valence-corrected chi connectivity index (χ4v) is 2.70. The number of rotatable bonds is 6. The molecule has 3 heteroatoms. The highest BCUT2D eigenvalue weighted by Crippen LogP contribution is 2.26. The monoisotopic (exact) mass is 232 g/mol. The Kier molecular flexibility index (Phi) is 6.89. The standard InChI is InChI=1S/C12H28N2S/c1-7-10(13)11(12(2,3)4)14(5)8-9-15-6/h10-11H,7-9,13H2,1-6H3. The quantitative estimate of drug-likeness (QED) is 0.763. The Morgan fingerprint density at radius 1 is 1.33 bits per heavy atom. The molecule has 0 aliphatic heterocycles. The van der Waals surface area contributed by atoms with Gasteiger partial charge in [0, 0.05) is 24.4 Å². The zero-order valence-electron chi connectivity index (χ0n) is 11.2. The van der Waals surface area contributed by atoms with Crippen molar-refractivity contribution < 1.29 is 0 Å². The lowest BCUT2D eigenvalue weighted by Crippen LogP contribution is -2.53. The lowest BCUT2D eigenvalue weighted by molar-refractivity contribution is 0.106. The van der Waals surface area contributed by atoms with Crippen molar-refractivity contribution in [1.82, 2.24) is 4.90 Å². The predicted octanol–water partition coefficient (Wildman–Crippen LogP) is 2.43.